The van der Waals surface area contributed by atoms with Crippen LogP contribution in [0.2, 0.25) is 0 Å². The number of hydrogen-bond donors (Lipinski definition) is 0. The SMILES string of the molecule is CC(C)c1cc(C(F)(F)F)cc(Br)c1F. The maximum atomic E-state index is 13.4. The summed E-state index contributed by atoms with van der Waals surface area (Å²) in [5, 5.41) is 0. The molecule has 0 aliphatic heterocycles. The summed E-state index contributed by atoms with van der Waals surface area (Å²) < 4.78 is 50.5. The summed E-state index contributed by atoms with van der Waals surface area (Å²) in [5.41, 5.74) is -0.767. The van der Waals surface area contributed by atoms with Crippen molar-refractivity contribution in [3.63, 3.8) is 0 Å². The summed E-state index contributed by atoms with van der Waals surface area (Å²) in [7, 11) is 0. The molecule has 0 fully saturated rings. The highest BCUT2D eigenvalue weighted by Crippen LogP contribution is 2.35. The average Bonchev–Trinajstić information content (AvgIpc) is 2.06. The van der Waals surface area contributed by atoms with Gasteiger partial charge < -0.3 is 0 Å². The molecule has 15 heavy (non-hydrogen) atoms. The fourth-order valence-corrected chi connectivity index (χ4v) is 1.67. The molecular formula is C10H9BrF4. The van der Waals surface area contributed by atoms with Crippen molar-refractivity contribution in [2.24, 2.45) is 0 Å². The van der Waals surface area contributed by atoms with Crippen LogP contribution in [0, 0.1) is 5.82 Å². The largest absolute Gasteiger partial charge is 0.416 e. The Hall–Kier alpha value is -0.580. The molecule has 5 heteroatoms. The zero-order valence-electron chi connectivity index (χ0n) is 8.12. The van der Waals surface area contributed by atoms with Gasteiger partial charge in [0.15, 0.2) is 0 Å². The molecule has 0 aliphatic rings. The van der Waals surface area contributed by atoms with E-state index in [1.165, 1.54) is 0 Å². The highest BCUT2D eigenvalue weighted by molar-refractivity contribution is 9.10. The highest BCUT2D eigenvalue weighted by atomic mass is 79.9. The van der Waals surface area contributed by atoms with Crippen LogP contribution in [-0.4, -0.2) is 0 Å². The summed E-state index contributed by atoms with van der Waals surface area (Å²) >= 11 is 2.78. The summed E-state index contributed by atoms with van der Waals surface area (Å²) in [5.74, 6) is -0.915. The van der Waals surface area contributed by atoms with Gasteiger partial charge in [0, 0.05) is 0 Å². The normalized spacial score (nSPS) is 12.3. The third-order valence-corrected chi connectivity index (χ3v) is 2.58. The van der Waals surface area contributed by atoms with Gasteiger partial charge in [-0.15, -0.1) is 0 Å². The van der Waals surface area contributed by atoms with E-state index in [9.17, 15) is 17.6 Å². The zero-order valence-corrected chi connectivity index (χ0v) is 9.71. The molecule has 84 valence electrons. The van der Waals surface area contributed by atoms with Crippen LogP contribution in [0.25, 0.3) is 0 Å². The second-order valence-corrected chi connectivity index (χ2v) is 4.37. The van der Waals surface area contributed by atoms with Crippen LogP contribution in [0.5, 0.6) is 0 Å². The molecule has 0 spiro atoms. The van der Waals surface area contributed by atoms with Crippen molar-refractivity contribution < 1.29 is 17.6 Å². The highest BCUT2D eigenvalue weighted by Gasteiger charge is 2.32. The standard InChI is InChI=1S/C10H9BrF4/c1-5(2)7-3-6(10(13,14)15)4-8(11)9(7)12/h3-5H,1-2H3. The van der Waals surface area contributed by atoms with Crippen LogP contribution in [0.3, 0.4) is 0 Å². The molecule has 0 nitrogen and oxygen atoms in total. The fraction of sp³-hybridized carbons (Fsp3) is 0.400. The molecule has 0 amide bonds. The van der Waals surface area contributed by atoms with E-state index in [4.69, 9.17) is 0 Å². The van der Waals surface area contributed by atoms with Crippen LogP contribution in [0.1, 0.15) is 30.9 Å². The van der Waals surface area contributed by atoms with Gasteiger partial charge in [0.25, 0.3) is 0 Å². The van der Waals surface area contributed by atoms with E-state index in [1.807, 2.05) is 0 Å². The molecule has 0 aliphatic carbocycles. The van der Waals surface area contributed by atoms with Crippen molar-refractivity contribution in [3.05, 3.63) is 33.5 Å². The molecule has 0 N–H and O–H groups in total. The van der Waals surface area contributed by atoms with E-state index in [1.54, 1.807) is 13.8 Å². The molecule has 1 aromatic rings. The molecule has 0 heterocycles. The van der Waals surface area contributed by atoms with Gasteiger partial charge in [-0.3, -0.25) is 0 Å². The minimum atomic E-state index is -4.44. The number of benzene rings is 1. The summed E-state index contributed by atoms with van der Waals surface area (Å²) in [6.45, 7) is 3.29. The van der Waals surface area contributed by atoms with Crippen LogP contribution < -0.4 is 0 Å². The first-order chi connectivity index (χ1) is 6.73. The predicted molar refractivity (Wildman–Crippen MR) is 53.2 cm³/mol. The third-order valence-electron chi connectivity index (χ3n) is 2.01. The molecule has 0 saturated carbocycles. The van der Waals surface area contributed by atoms with Crippen molar-refractivity contribution in [1.29, 1.82) is 0 Å². The van der Waals surface area contributed by atoms with E-state index in [2.05, 4.69) is 15.9 Å². The number of halogens is 5. The minimum Gasteiger partial charge on any atom is -0.205 e. The molecule has 0 saturated heterocycles. The lowest BCUT2D eigenvalue weighted by atomic mass is 10.00. The minimum absolute atomic E-state index is 0.0664. The Labute approximate surface area is 93.4 Å². The number of hydrogen-bond acceptors (Lipinski definition) is 0. The summed E-state index contributed by atoms with van der Waals surface area (Å²) in [6.07, 6.45) is -4.44. The van der Waals surface area contributed by atoms with E-state index in [0.29, 0.717) is 0 Å². The fourth-order valence-electron chi connectivity index (χ4n) is 1.19. The first kappa shape index (κ1) is 12.5. The molecular weight excluding hydrogens is 276 g/mol. The average molecular weight is 285 g/mol. The van der Waals surface area contributed by atoms with Gasteiger partial charge in [0.2, 0.25) is 0 Å². The van der Waals surface area contributed by atoms with Crippen molar-refractivity contribution in [3.8, 4) is 0 Å². The zero-order chi connectivity index (χ0) is 11.8. The van der Waals surface area contributed by atoms with Gasteiger partial charge in [-0.05, 0) is 39.5 Å². The third kappa shape index (κ3) is 2.71. The molecule has 0 atom stereocenters. The Balaban J connectivity index is 3.36. The lowest BCUT2D eigenvalue weighted by Crippen LogP contribution is -2.07. The van der Waals surface area contributed by atoms with Crippen LogP contribution in [-0.2, 0) is 6.18 Å². The van der Waals surface area contributed by atoms with Crippen LogP contribution in [0.4, 0.5) is 17.6 Å². The maximum Gasteiger partial charge on any atom is 0.416 e. The van der Waals surface area contributed by atoms with Crippen molar-refractivity contribution in [1.82, 2.24) is 0 Å². The number of alkyl halides is 3. The molecule has 0 unspecified atom stereocenters. The van der Waals surface area contributed by atoms with E-state index in [-0.39, 0.29) is 16.0 Å². The monoisotopic (exact) mass is 284 g/mol. The summed E-state index contributed by atoms with van der Waals surface area (Å²) in [4.78, 5) is 0. The smallest absolute Gasteiger partial charge is 0.205 e. The Morgan fingerprint density at radius 1 is 1.20 bits per heavy atom. The predicted octanol–water partition coefficient (Wildman–Crippen LogP) is 4.73. The Morgan fingerprint density at radius 3 is 2.13 bits per heavy atom. The quantitative estimate of drug-likeness (QED) is 0.654. The molecule has 0 radical (unpaired) electrons. The van der Waals surface area contributed by atoms with Gasteiger partial charge in [-0.2, -0.15) is 13.2 Å². The maximum absolute atomic E-state index is 13.4. The lowest BCUT2D eigenvalue weighted by molar-refractivity contribution is -0.137. The van der Waals surface area contributed by atoms with Gasteiger partial charge in [0.1, 0.15) is 5.82 Å². The lowest BCUT2D eigenvalue weighted by Gasteiger charge is -2.13. The summed E-state index contributed by atoms with van der Waals surface area (Å²) in [6, 6.07) is 1.60. The first-order valence-corrected chi connectivity index (χ1v) is 5.09. The molecule has 0 aromatic heterocycles. The van der Waals surface area contributed by atoms with Crippen molar-refractivity contribution in [2.45, 2.75) is 25.9 Å². The van der Waals surface area contributed by atoms with Gasteiger partial charge in [-0.1, -0.05) is 13.8 Å². The molecule has 0 bridgehead atoms. The van der Waals surface area contributed by atoms with Crippen molar-refractivity contribution >= 4 is 15.9 Å². The molecule has 1 aromatic carbocycles. The van der Waals surface area contributed by atoms with Gasteiger partial charge >= 0.3 is 6.18 Å². The van der Waals surface area contributed by atoms with Crippen LogP contribution >= 0.6 is 15.9 Å². The Bertz CT molecular complexity index is 368. The Morgan fingerprint density at radius 2 is 1.73 bits per heavy atom. The Kier molecular flexibility index (Phi) is 3.43. The van der Waals surface area contributed by atoms with E-state index >= 15 is 0 Å². The molecule has 1 rings (SSSR count). The topological polar surface area (TPSA) is 0 Å². The number of rotatable bonds is 1. The second kappa shape index (κ2) is 4.12. The van der Waals surface area contributed by atoms with E-state index in [0.717, 1.165) is 12.1 Å². The van der Waals surface area contributed by atoms with Crippen molar-refractivity contribution in [2.75, 3.05) is 0 Å². The second-order valence-electron chi connectivity index (χ2n) is 3.51. The van der Waals surface area contributed by atoms with E-state index < -0.39 is 17.6 Å². The van der Waals surface area contributed by atoms with Crippen LogP contribution in [0.15, 0.2) is 16.6 Å². The van der Waals surface area contributed by atoms with Gasteiger partial charge in [-0.25, -0.2) is 4.39 Å². The first-order valence-electron chi connectivity index (χ1n) is 4.29. The van der Waals surface area contributed by atoms with Gasteiger partial charge in [0.05, 0.1) is 10.0 Å².